The van der Waals surface area contributed by atoms with E-state index in [4.69, 9.17) is 30.6 Å². The van der Waals surface area contributed by atoms with E-state index in [0.29, 0.717) is 0 Å². The van der Waals surface area contributed by atoms with Gasteiger partial charge in [-0.15, -0.1) is 30.3 Å². The van der Waals surface area contributed by atoms with Gasteiger partial charge in [0.2, 0.25) is 0 Å². The second kappa shape index (κ2) is 17.6. The molecule has 0 unspecified atom stereocenters. The molecule has 0 spiro atoms. The van der Waals surface area contributed by atoms with E-state index in [-0.39, 0.29) is 14.0 Å². The maximum Gasteiger partial charge on any atom is 0.294 e. The molecule has 0 atom stereocenters. The van der Waals surface area contributed by atoms with Crippen molar-refractivity contribution in [2.75, 3.05) is 6.61 Å². The fraction of sp³-hybridized carbons (Fsp3) is 1.00. The lowest BCUT2D eigenvalue weighted by molar-refractivity contribution is -0.756. The summed E-state index contributed by atoms with van der Waals surface area (Å²) in [5, 5.41) is 35.6. The van der Waals surface area contributed by atoms with Crippen LogP contribution in [-0.2, 0) is 4.84 Å². The van der Waals surface area contributed by atoms with Gasteiger partial charge in [-0.05, 0) is 6.92 Å². The summed E-state index contributed by atoms with van der Waals surface area (Å²) in [5.41, 5.74) is 0. The molecule has 12 nitrogen and oxygen atoms in total. The van der Waals surface area contributed by atoms with E-state index in [2.05, 4.69) is 4.84 Å². The molecule has 0 aromatic rings. The fourth-order valence-electron chi connectivity index (χ4n) is 0.105. The number of hydrogen-bond acceptors (Lipinski definition) is 7. The summed E-state index contributed by atoms with van der Waals surface area (Å²) in [7, 11) is 0. The Hall–Kier alpha value is -2.40. The minimum Gasteiger partial charge on any atom is -0.328 e. The minimum atomic E-state index is -1.50. The van der Waals surface area contributed by atoms with Crippen LogP contribution in [0.1, 0.15) is 14.4 Å². The Bertz CT molecular complexity index is 161. The molecule has 0 aromatic carbocycles. The molecule has 2 N–H and O–H groups in total. The highest BCUT2D eigenvalue weighted by Crippen LogP contribution is 1.67. The first-order chi connectivity index (χ1) is 6.23. The Labute approximate surface area is 83.0 Å². The minimum absolute atomic E-state index is 0. The molecule has 0 saturated heterocycles. The van der Waals surface area contributed by atoms with Crippen molar-refractivity contribution in [2.24, 2.45) is 0 Å². The molecule has 0 rings (SSSR count). The topological polar surface area (TPSA) is 179 Å². The van der Waals surface area contributed by atoms with E-state index in [1.807, 2.05) is 0 Å². The molecule has 0 heterocycles. The SMILES string of the molecule is C.CCO[N+](=O)[O-].O=[N+]([O-])O.O=[N+]([O-])O. The standard InChI is InChI=1S/C2H5NO3.CH4.2HNO3/c1-2-6-3(4)5;;2*2-1(3)4/h2H2,1H3;1H4;2*(H,2,3,4). The van der Waals surface area contributed by atoms with E-state index in [0.717, 1.165) is 0 Å². The molecular formula is C3H11N3O9. The first-order valence-electron chi connectivity index (χ1n) is 2.67. The van der Waals surface area contributed by atoms with Gasteiger partial charge in [-0.2, -0.15) is 0 Å². The summed E-state index contributed by atoms with van der Waals surface area (Å²) < 4.78 is 0. The molecule has 92 valence electrons. The third kappa shape index (κ3) is 2970. The molecular weight excluding hydrogens is 222 g/mol. The smallest absolute Gasteiger partial charge is 0.294 e. The van der Waals surface area contributed by atoms with Crippen molar-refractivity contribution in [3.63, 3.8) is 0 Å². The molecule has 15 heavy (non-hydrogen) atoms. The maximum atomic E-state index is 9.18. The molecule has 0 aliphatic heterocycles. The molecule has 0 bridgehead atoms. The highest BCUT2D eigenvalue weighted by atomic mass is 16.9. The van der Waals surface area contributed by atoms with Gasteiger partial charge >= 0.3 is 0 Å². The summed E-state index contributed by atoms with van der Waals surface area (Å²) in [6, 6.07) is 0. The lowest BCUT2D eigenvalue weighted by atomic mass is 10.9. The highest BCUT2D eigenvalue weighted by Gasteiger charge is 1.83. The van der Waals surface area contributed by atoms with Gasteiger partial charge in [0.05, 0.1) is 6.61 Å². The van der Waals surface area contributed by atoms with Gasteiger partial charge in [0.1, 0.15) is 0 Å². The zero-order valence-electron chi connectivity index (χ0n) is 6.80. The van der Waals surface area contributed by atoms with Gasteiger partial charge in [0.15, 0.2) is 0 Å². The van der Waals surface area contributed by atoms with Crippen LogP contribution in [0.4, 0.5) is 0 Å². The molecule has 0 saturated carbocycles. The van der Waals surface area contributed by atoms with Crippen LogP contribution in [0.3, 0.4) is 0 Å². The zero-order valence-corrected chi connectivity index (χ0v) is 6.80. The quantitative estimate of drug-likeness (QED) is 0.495. The van der Waals surface area contributed by atoms with E-state index >= 15 is 0 Å². The zero-order chi connectivity index (χ0) is 12.1. The van der Waals surface area contributed by atoms with E-state index < -0.39 is 15.3 Å². The van der Waals surface area contributed by atoms with Gasteiger partial charge in [-0.1, -0.05) is 7.43 Å². The molecule has 0 aliphatic rings. The first-order valence-corrected chi connectivity index (χ1v) is 2.67. The summed E-state index contributed by atoms with van der Waals surface area (Å²) in [5.74, 6) is 0. The third-order valence-corrected chi connectivity index (χ3v) is 0.235. The average Bonchev–Trinajstić information content (AvgIpc) is 1.82. The van der Waals surface area contributed by atoms with Crippen LogP contribution in [0.2, 0.25) is 0 Å². The number of rotatable bonds is 2. The molecule has 0 aliphatic carbocycles. The molecule has 12 heteroatoms. The maximum absolute atomic E-state index is 9.18. The monoisotopic (exact) mass is 233 g/mol. The Morgan fingerprint density at radius 1 is 1.07 bits per heavy atom. The van der Waals surface area contributed by atoms with Crippen LogP contribution in [0.15, 0.2) is 0 Å². The van der Waals surface area contributed by atoms with Crippen molar-refractivity contribution < 1.29 is 30.5 Å². The molecule has 0 aromatic heterocycles. The Morgan fingerprint density at radius 3 is 1.27 bits per heavy atom. The van der Waals surface area contributed by atoms with Crippen molar-refractivity contribution in [1.29, 1.82) is 0 Å². The summed E-state index contributed by atoms with van der Waals surface area (Å²) in [6.45, 7) is 1.69. The Morgan fingerprint density at radius 2 is 1.27 bits per heavy atom. The summed E-state index contributed by atoms with van der Waals surface area (Å²) >= 11 is 0. The van der Waals surface area contributed by atoms with Crippen molar-refractivity contribution in [3.8, 4) is 0 Å². The molecule has 0 radical (unpaired) electrons. The van der Waals surface area contributed by atoms with Gasteiger partial charge < -0.3 is 15.3 Å². The van der Waals surface area contributed by atoms with Crippen LogP contribution in [0.25, 0.3) is 0 Å². The van der Waals surface area contributed by atoms with Crippen molar-refractivity contribution in [1.82, 2.24) is 0 Å². The number of hydrogen-bond donors (Lipinski definition) is 2. The van der Waals surface area contributed by atoms with Crippen LogP contribution < -0.4 is 0 Å². The second-order valence-corrected chi connectivity index (χ2v) is 1.12. The summed E-state index contributed by atoms with van der Waals surface area (Å²) in [4.78, 5) is 29.7. The number of nitrogens with zero attached hydrogens (tertiary/aromatic N) is 3. The van der Waals surface area contributed by atoms with Crippen molar-refractivity contribution >= 4 is 0 Å². The van der Waals surface area contributed by atoms with Gasteiger partial charge in [0.25, 0.3) is 15.3 Å². The Kier molecular flexibility index (Phi) is 26.9. The van der Waals surface area contributed by atoms with Crippen LogP contribution >= 0.6 is 0 Å². The normalized spacial score (nSPS) is 6.20. The van der Waals surface area contributed by atoms with Crippen LogP contribution in [-0.4, -0.2) is 32.3 Å². The van der Waals surface area contributed by atoms with Crippen LogP contribution in [0.5, 0.6) is 0 Å². The average molecular weight is 233 g/mol. The fourth-order valence-corrected chi connectivity index (χ4v) is 0.105. The first kappa shape index (κ1) is 22.9. The predicted octanol–water partition coefficient (Wildman–Crippen LogP) is 0.155. The van der Waals surface area contributed by atoms with E-state index in [9.17, 15) is 10.1 Å². The van der Waals surface area contributed by atoms with Gasteiger partial charge in [-0.3, -0.25) is 0 Å². The predicted molar refractivity (Wildman–Crippen MR) is 42.9 cm³/mol. The largest absolute Gasteiger partial charge is 0.328 e. The van der Waals surface area contributed by atoms with Gasteiger partial charge in [-0.25, -0.2) is 0 Å². The molecule has 0 fully saturated rings. The highest BCUT2D eigenvalue weighted by molar-refractivity contribution is 3.95. The van der Waals surface area contributed by atoms with Crippen LogP contribution in [0, 0.1) is 30.3 Å². The van der Waals surface area contributed by atoms with E-state index in [1.165, 1.54) is 0 Å². The molecule has 0 amide bonds. The van der Waals surface area contributed by atoms with Gasteiger partial charge in [0, 0.05) is 0 Å². The summed E-state index contributed by atoms with van der Waals surface area (Å²) in [6.07, 6.45) is 0. The Balaban J connectivity index is -0.0000000606. The third-order valence-electron chi connectivity index (χ3n) is 0.235. The second-order valence-electron chi connectivity index (χ2n) is 1.12. The lowest BCUT2D eigenvalue weighted by Gasteiger charge is -1.83. The van der Waals surface area contributed by atoms with Crippen molar-refractivity contribution in [3.05, 3.63) is 30.3 Å². The van der Waals surface area contributed by atoms with E-state index in [1.54, 1.807) is 6.92 Å². The van der Waals surface area contributed by atoms with Crippen molar-refractivity contribution in [2.45, 2.75) is 14.4 Å². The lowest BCUT2D eigenvalue weighted by Crippen LogP contribution is -1.97.